The first-order valence-corrected chi connectivity index (χ1v) is 31.0. The first-order valence-electron chi connectivity index (χ1n) is 28.3. The molecular formula is C68H63Br3F6N6O8. The number of hydrogen-bond acceptors (Lipinski definition) is 11. The lowest BCUT2D eigenvalue weighted by molar-refractivity contribution is 0.00571. The smallest absolute Gasteiger partial charge is 0.338 e. The minimum Gasteiger partial charge on any atom is -0.473 e. The number of alkyl halides is 1. The largest absolute Gasteiger partial charge is 0.473 e. The van der Waals surface area contributed by atoms with E-state index in [1.807, 2.05) is 15.2 Å². The number of carbonyl (C=O) groups excluding carboxylic acids is 2. The SMILES string of the molecule is COCCn1c(Cc2cc(F)c(-c3cccc(=O)[nH]3)cc2F)nc2ccc(C(=O)OC(C)(C)C)cc21.COCCn1c(Cc2cc(F)c(-c3cccc(OCc4ccc(Br)cc4F)n3)cc2F)nc2ccc(C(=O)OC(C)(C)C)cc21.Fc1cc(Br)ccc1CBr. The molecular weight excluding hydrogens is 1380 g/mol. The lowest BCUT2D eigenvalue weighted by Gasteiger charge is -2.19. The molecule has 0 saturated heterocycles. The number of ether oxygens (including phenoxy) is 5. The maximum Gasteiger partial charge on any atom is 0.338 e. The van der Waals surface area contributed by atoms with Gasteiger partial charge in [-0.3, -0.25) is 4.79 Å². The molecule has 10 aromatic rings. The summed E-state index contributed by atoms with van der Waals surface area (Å²) in [6.45, 7) is 12.1. The van der Waals surface area contributed by atoms with Crippen LogP contribution in [0.25, 0.3) is 44.6 Å². The Morgan fingerprint density at radius 1 is 0.527 bits per heavy atom. The zero-order chi connectivity index (χ0) is 65.9. The van der Waals surface area contributed by atoms with Crippen LogP contribution in [-0.4, -0.2) is 79.6 Å². The van der Waals surface area contributed by atoms with Crippen LogP contribution in [0.2, 0.25) is 0 Å². The summed E-state index contributed by atoms with van der Waals surface area (Å²) in [5.41, 5.74) is 2.97. The van der Waals surface area contributed by atoms with E-state index in [9.17, 15) is 27.6 Å². The van der Waals surface area contributed by atoms with E-state index < -0.39 is 57.8 Å². The quantitative estimate of drug-likeness (QED) is 0.0494. The van der Waals surface area contributed by atoms with Gasteiger partial charge in [-0.25, -0.2) is 50.9 Å². The third-order valence-corrected chi connectivity index (χ3v) is 15.1. The molecule has 0 aliphatic rings. The van der Waals surface area contributed by atoms with Gasteiger partial charge in [0.2, 0.25) is 11.4 Å². The van der Waals surface area contributed by atoms with E-state index in [0.29, 0.717) is 92.1 Å². The van der Waals surface area contributed by atoms with Crippen LogP contribution >= 0.6 is 47.8 Å². The van der Waals surface area contributed by atoms with E-state index in [4.69, 9.17) is 23.7 Å². The second-order valence-electron chi connectivity index (χ2n) is 22.6. The topological polar surface area (TPSA) is 162 Å². The molecule has 14 nitrogen and oxygen atoms in total. The molecule has 0 fully saturated rings. The highest BCUT2D eigenvalue weighted by Crippen LogP contribution is 2.31. The number of nitrogens with one attached hydrogen (secondary N) is 1. The summed E-state index contributed by atoms with van der Waals surface area (Å²) >= 11 is 9.56. The maximum atomic E-state index is 15.5. The van der Waals surface area contributed by atoms with E-state index in [-0.39, 0.29) is 64.8 Å². The highest BCUT2D eigenvalue weighted by Gasteiger charge is 2.24. The Morgan fingerprint density at radius 3 is 1.47 bits per heavy atom. The summed E-state index contributed by atoms with van der Waals surface area (Å²) in [6, 6.07) is 33.0. The number of esters is 2. The lowest BCUT2D eigenvalue weighted by atomic mass is 10.0. The van der Waals surface area contributed by atoms with Gasteiger partial charge in [-0.1, -0.05) is 72.1 Å². The standard InChI is InChI=1S/C34H31BrF3N3O4.C27H27F2N3O4.C7H5Br2F/c1-34(2,3)45-33(42)20-9-11-29-30(15-20)41(12-13-43-4)31(39-29)16-22-14-27(38)24(18-26(22)37)28-6-5-7-32(40-28)44-19-21-8-10-23(35)17-25(21)36;1-27(2,3)36-26(34)16-8-9-22-23(13-16)32(10-11-35-4)24(30-22)14-17-12-20(29)18(15-19(17)28)21-6-5-7-25(33)31-21;8-4-5-1-2-6(9)3-7(5)10/h5-11,14-15,17-18H,12-13,16,19H2,1-4H3;5-9,12-13,15H,10-11,14H2,1-4H3,(H,31,33);1-3H,4H2. The van der Waals surface area contributed by atoms with Gasteiger partial charge < -0.3 is 37.8 Å². The van der Waals surface area contributed by atoms with Crippen LogP contribution in [-0.2, 0) is 56.8 Å². The molecule has 23 heteroatoms. The average molecular weight is 1450 g/mol. The molecule has 0 saturated carbocycles. The Hall–Kier alpha value is -7.96. The first-order chi connectivity index (χ1) is 43.2. The van der Waals surface area contributed by atoms with Gasteiger partial charge in [0.05, 0.1) is 57.8 Å². The van der Waals surface area contributed by atoms with Gasteiger partial charge in [0, 0.05) is 83.2 Å². The Morgan fingerprint density at radius 2 is 1.00 bits per heavy atom. The Kier molecular flexibility index (Phi) is 23.1. The van der Waals surface area contributed by atoms with Crippen molar-refractivity contribution in [1.82, 2.24) is 29.1 Å². The predicted octanol–water partition coefficient (Wildman–Crippen LogP) is 16.4. The van der Waals surface area contributed by atoms with E-state index in [1.54, 1.807) is 122 Å². The normalized spacial score (nSPS) is 11.5. The summed E-state index contributed by atoms with van der Waals surface area (Å²) in [4.78, 5) is 53.0. The number of methoxy groups -OCH3 is 2. The van der Waals surface area contributed by atoms with Crippen molar-refractivity contribution in [3.05, 3.63) is 233 Å². The Labute approximate surface area is 546 Å². The molecule has 6 aromatic carbocycles. The molecule has 0 aliphatic heterocycles. The van der Waals surface area contributed by atoms with Crippen molar-refractivity contribution in [1.29, 1.82) is 0 Å². The van der Waals surface area contributed by atoms with E-state index in [2.05, 4.69) is 67.7 Å². The van der Waals surface area contributed by atoms with Crippen LogP contribution in [0.15, 0.2) is 147 Å². The molecule has 0 amide bonds. The second kappa shape index (κ2) is 30.4. The zero-order valence-electron chi connectivity index (χ0n) is 50.8. The number of imidazole rings is 2. The van der Waals surface area contributed by atoms with Gasteiger partial charge in [0.1, 0.15) is 64.4 Å². The van der Waals surface area contributed by atoms with Gasteiger partial charge in [-0.05, 0) is 155 Å². The van der Waals surface area contributed by atoms with Gasteiger partial charge in [0.25, 0.3) is 0 Å². The van der Waals surface area contributed by atoms with Gasteiger partial charge in [-0.2, -0.15) is 0 Å². The highest BCUT2D eigenvalue weighted by atomic mass is 79.9. The number of pyridine rings is 2. The number of benzene rings is 6. The zero-order valence-corrected chi connectivity index (χ0v) is 55.5. The van der Waals surface area contributed by atoms with Crippen molar-refractivity contribution in [3.63, 3.8) is 0 Å². The number of aromatic amines is 1. The number of hydrogen-bond donors (Lipinski definition) is 1. The molecule has 1 N–H and O–H groups in total. The third-order valence-electron chi connectivity index (χ3n) is 13.5. The molecule has 10 rings (SSSR count). The van der Waals surface area contributed by atoms with Crippen LogP contribution in [0.1, 0.15) is 96.2 Å². The van der Waals surface area contributed by atoms with Crippen LogP contribution in [0, 0.1) is 34.9 Å². The third kappa shape index (κ3) is 18.4. The first kappa shape index (κ1) is 68.9. The van der Waals surface area contributed by atoms with Crippen LogP contribution < -0.4 is 10.3 Å². The van der Waals surface area contributed by atoms with Crippen molar-refractivity contribution >= 4 is 81.8 Å². The summed E-state index contributed by atoms with van der Waals surface area (Å²) in [5, 5.41) is 0.562. The number of rotatable bonds is 18. The van der Waals surface area contributed by atoms with E-state index >= 15 is 13.2 Å². The number of H-pyrrole nitrogens is 1. The Balaban J connectivity index is 0.000000207. The highest BCUT2D eigenvalue weighted by molar-refractivity contribution is 9.10. The van der Waals surface area contributed by atoms with Crippen LogP contribution in [0.3, 0.4) is 0 Å². The number of halogens is 9. The van der Waals surface area contributed by atoms with Gasteiger partial charge in [-0.15, -0.1) is 0 Å². The second-order valence-corrected chi connectivity index (χ2v) is 25.0. The van der Waals surface area contributed by atoms with Crippen molar-refractivity contribution in [2.45, 2.75) is 90.6 Å². The van der Waals surface area contributed by atoms with Crippen molar-refractivity contribution in [2.24, 2.45) is 0 Å². The lowest BCUT2D eigenvalue weighted by Crippen LogP contribution is -2.23. The summed E-state index contributed by atoms with van der Waals surface area (Å²) < 4.78 is 120. The molecule has 0 unspecified atom stereocenters. The fourth-order valence-corrected chi connectivity index (χ4v) is 10.4. The Bertz CT molecular complexity index is 4340. The van der Waals surface area contributed by atoms with Crippen LogP contribution in [0.4, 0.5) is 26.3 Å². The van der Waals surface area contributed by atoms with Crippen molar-refractivity contribution < 1.29 is 59.6 Å². The molecule has 0 aliphatic carbocycles. The van der Waals surface area contributed by atoms with Gasteiger partial charge in [0.15, 0.2) is 0 Å². The molecule has 4 aromatic heterocycles. The molecule has 0 spiro atoms. The maximum absolute atomic E-state index is 15.5. The molecule has 0 atom stereocenters. The summed E-state index contributed by atoms with van der Waals surface area (Å²) in [7, 11) is 3.12. The predicted molar refractivity (Wildman–Crippen MR) is 346 cm³/mol. The molecule has 4 heterocycles. The number of fused-ring (bicyclic) bond motifs is 2. The molecule has 0 radical (unpaired) electrons. The average Bonchev–Trinajstić information content (AvgIpc) is 1.70. The van der Waals surface area contributed by atoms with Crippen molar-refractivity contribution in [3.8, 4) is 28.4 Å². The fraction of sp³-hybridized carbons (Fsp3) is 0.265. The molecule has 91 heavy (non-hydrogen) atoms. The van der Waals surface area contributed by atoms with Crippen molar-refractivity contribution in [2.75, 3.05) is 27.4 Å². The number of carbonyl (C=O) groups is 2. The molecule has 476 valence electrons. The van der Waals surface area contributed by atoms with Gasteiger partial charge >= 0.3 is 11.9 Å². The minimum absolute atomic E-state index is 0.00844. The van der Waals surface area contributed by atoms with E-state index in [0.717, 1.165) is 28.7 Å². The summed E-state index contributed by atoms with van der Waals surface area (Å²) in [5.74, 6) is -3.07. The number of nitrogens with zero attached hydrogens (tertiary/aromatic N) is 5. The van der Waals surface area contributed by atoms with E-state index in [1.165, 1.54) is 36.4 Å². The minimum atomic E-state index is -0.679. The number of aromatic nitrogens is 6. The monoisotopic (exact) mass is 1440 g/mol. The summed E-state index contributed by atoms with van der Waals surface area (Å²) in [6.07, 6.45) is -0.00690. The fourth-order valence-electron chi connectivity index (χ4n) is 9.27. The molecule has 0 bridgehead atoms. The van der Waals surface area contributed by atoms with Crippen LogP contribution in [0.5, 0.6) is 5.88 Å².